The largest absolute Gasteiger partial charge is 0.300 e. The molecule has 0 amide bonds. The first kappa shape index (κ1) is 9.92. The number of hydrogen-bond acceptors (Lipinski definition) is 1. The van der Waals surface area contributed by atoms with E-state index in [-0.39, 0.29) is 11.6 Å². The highest BCUT2D eigenvalue weighted by molar-refractivity contribution is 4.73. The van der Waals surface area contributed by atoms with Gasteiger partial charge in [0.2, 0.25) is 0 Å². The number of rotatable bonds is 3. The average molecular weight is 143 g/mol. The minimum absolute atomic E-state index is 0.0647. The van der Waals surface area contributed by atoms with Crippen LogP contribution in [0.15, 0.2) is 0 Å². The summed E-state index contributed by atoms with van der Waals surface area (Å²) in [6.45, 7) is 9.29. The van der Waals surface area contributed by atoms with E-state index in [1.807, 2.05) is 0 Å². The monoisotopic (exact) mass is 143 g/mol. The molecule has 0 aromatic rings. The third-order valence-electron chi connectivity index (χ3n) is 1.46. The first-order valence-electron chi connectivity index (χ1n) is 3.93. The van der Waals surface area contributed by atoms with E-state index >= 15 is 0 Å². The Kier molecular flexibility index (Phi) is 3.91. The second-order valence-electron chi connectivity index (χ2n) is 3.75. The topological polar surface area (TPSA) is 35.8 Å². The summed E-state index contributed by atoms with van der Waals surface area (Å²) in [4.78, 5) is 0. The molecule has 1 radical (unpaired) electrons. The van der Waals surface area contributed by atoms with Gasteiger partial charge in [0, 0.05) is 0 Å². The zero-order chi connectivity index (χ0) is 8.20. The molecule has 1 unspecified atom stereocenters. The lowest BCUT2D eigenvalue weighted by Gasteiger charge is -2.26. The molecule has 1 atom stereocenters. The first-order chi connectivity index (χ1) is 4.48. The van der Waals surface area contributed by atoms with Crippen LogP contribution < -0.4 is 11.1 Å². The third kappa shape index (κ3) is 3.85. The van der Waals surface area contributed by atoms with Gasteiger partial charge in [0.05, 0.1) is 6.17 Å². The maximum absolute atomic E-state index is 7.62. The summed E-state index contributed by atoms with van der Waals surface area (Å²) in [6.07, 6.45) is 0.971. The molecular formula is C8H19N2. The maximum Gasteiger partial charge on any atom is 0.0753 e. The lowest BCUT2D eigenvalue weighted by Crippen LogP contribution is -2.41. The van der Waals surface area contributed by atoms with Gasteiger partial charge in [-0.05, 0) is 18.4 Å². The van der Waals surface area contributed by atoms with E-state index in [1.165, 1.54) is 0 Å². The quantitative estimate of drug-likeness (QED) is 0.640. The highest BCUT2D eigenvalue weighted by Crippen LogP contribution is 2.15. The van der Waals surface area contributed by atoms with E-state index in [0.29, 0.717) is 0 Å². The Hall–Kier alpha value is -0.0800. The molecule has 0 aliphatic carbocycles. The summed E-state index contributed by atoms with van der Waals surface area (Å²) in [5.41, 5.74) is 7.68. The van der Waals surface area contributed by atoms with Crippen molar-refractivity contribution in [3.8, 4) is 0 Å². The molecule has 61 valence electrons. The highest BCUT2D eigenvalue weighted by atomic mass is 15.0. The van der Waals surface area contributed by atoms with Crippen LogP contribution in [0.3, 0.4) is 0 Å². The molecule has 0 fully saturated rings. The molecule has 0 rings (SSSR count). The number of hydrogen-bond donors (Lipinski definition) is 1. The lowest BCUT2D eigenvalue weighted by atomic mass is 9.93. The van der Waals surface area contributed by atoms with Gasteiger partial charge in [-0.3, -0.25) is 0 Å². The SMILES string of the molecule is CCCNC([NH])C(C)(C)C. The highest BCUT2D eigenvalue weighted by Gasteiger charge is 2.19. The van der Waals surface area contributed by atoms with Gasteiger partial charge < -0.3 is 5.32 Å². The standard InChI is InChI=1S/C8H19N2/c1-5-6-10-7(9)8(2,3)4/h7,9-10H,5-6H2,1-4H3. The van der Waals surface area contributed by atoms with Gasteiger partial charge in [0.1, 0.15) is 0 Å². The minimum Gasteiger partial charge on any atom is -0.300 e. The third-order valence-corrected chi connectivity index (χ3v) is 1.46. The Morgan fingerprint density at radius 3 is 2.20 bits per heavy atom. The fourth-order valence-corrected chi connectivity index (χ4v) is 0.595. The fraction of sp³-hybridized carbons (Fsp3) is 1.00. The van der Waals surface area contributed by atoms with Crippen LogP contribution >= 0.6 is 0 Å². The zero-order valence-electron chi connectivity index (χ0n) is 7.49. The number of nitrogens with one attached hydrogen (secondary N) is 2. The molecule has 2 nitrogen and oxygen atoms in total. The van der Waals surface area contributed by atoms with Crippen LogP contribution in [-0.2, 0) is 0 Å². The van der Waals surface area contributed by atoms with Gasteiger partial charge in [-0.2, -0.15) is 0 Å². The van der Waals surface area contributed by atoms with Crippen molar-refractivity contribution in [3.05, 3.63) is 0 Å². The Morgan fingerprint density at radius 1 is 1.40 bits per heavy atom. The van der Waals surface area contributed by atoms with Crippen LogP contribution in [0, 0.1) is 5.41 Å². The zero-order valence-corrected chi connectivity index (χ0v) is 7.49. The van der Waals surface area contributed by atoms with Gasteiger partial charge in [-0.1, -0.05) is 27.7 Å². The van der Waals surface area contributed by atoms with E-state index in [0.717, 1.165) is 13.0 Å². The van der Waals surface area contributed by atoms with Crippen molar-refractivity contribution < 1.29 is 0 Å². The van der Waals surface area contributed by atoms with Crippen molar-refractivity contribution in [1.82, 2.24) is 11.1 Å². The van der Waals surface area contributed by atoms with Crippen molar-refractivity contribution in [1.29, 1.82) is 0 Å². The second-order valence-corrected chi connectivity index (χ2v) is 3.75. The fourth-order valence-electron chi connectivity index (χ4n) is 0.595. The molecule has 10 heavy (non-hydrogen) atoms. The smallest absolute Gasteiger partial charge is 0.0753 e. The van der Waals surface area contributed by atoms with E-state index < -0.39 is 0 Å². The van der Waals surface area contributed by atoms with Gasteiger partial charge >= 0.3 is 0 Å². The molecule has 0 saturated heterocycles. The Balaban J connectivity index is 3.52. The van der Waals surface area contributed by atoms with E-state index in [4.69, 9.17) is 5.73 Å². The Bertz CT molecular complexity index is 83.7. The maximum atomic E-state index is 7.62. The summed E-state index contributed by atoms with van der Waals surface area (Å²) in [7, 11) is 0. The summed E-state index contributed by atoms with van der Waals surface area (Å²) in [5, 5.41) is 3.14. The normalized spacial score (nSPS) is 15.3. The van der Waals surface area contributed by atoms with Crippen molar-refractivity contribution in [2.45, 2.75) is 40.3 Å². The minimum atomic E-state index is -0.132. The Morgan fingerprint density at radius 2 is 1.90 bits per heavy atom. The van der Waals surface area contributed by atoms with Gasteiger partial charge in [-0.15, -0.1) is 0 Å². The summed E-state index contributed by atoms with van der Waals surface area (Å²) >= 11 is 0. The van der Waals surface area contributed by atoms with Crippen LogP contribution in [0.4, 0.5) is 0 Å². The van der Waals surface area contributed by atoms with Crippen LogP contribution in [-0.4, -0.2) is 12.7 Å². The van der Waals surface area contributed by atoms with Crippen molar-refractivity contribution >= 4 is 0 Å². The molecule has 0 spiro atoms. The van der Waals surface area contributed by atoms with E-state index in [9.17, 15) is 0 Å². The van der Waals surface area contributed by atoms with Crippen LogP contribution in [0.2, 0.25) is 0 Å². The summed E-state index contributed by atoms with van der Waals surface area (Å²) < 4.78 is 0. The Labute approximate surface area is 64.2 Å². The predicted molar refractivity (Wildman–Crippen MR) is 44.6 cm³/mol. The molecule has 0 aromatic carbocycles. The molecule has 0 aliphatic rings. The van der Waals surface area contributed by atoms with Crippen molar-refractivity contribution in [2.75, 3.05) is 6.54 Å². The molecule has 2 heteroatoms. The predicted octanol–water partition coefficient (Wildman–Crippen LogP) is 1.64. The van der Waals surface area contributed by atoms with Gasteiger partial charge in [-0.25, -0.2) is 5.73 Å². The van der Waals surface area contributed by atoms with Crippen LogP contribution in [0.5, 0.6) is 0 Å². The molecule has 0 aliphatic heterocycles. The van der Waals surface area contributed by atoms with E-state index in [1.54, 1.807) is 0 Å². The van der Waals surface area contributed by atoms with Crippen LogP contribution in [0.25, 0.3) is 0 Å². The molecule has 0 heterocycles. The van der Waals surface area contributed by atoms with Gasteiger partial charge in [0.15, 0.2) is 0 Å². The molecule has 0 aromatic heterocycles. The summed E-state index contributed by atoms with van der Waals surface area (Å²) in [6, 6.07) is 0. The molecule has 0 bridgehead atoms. The van der Waals surface area contributed by atoms with Crippen molar-refractivity contribution in [2.24, 2.45) is 5.41 Å². The van der Waals surface area contributed by atoms with Crippen molar-refractivity contribution in [3.63, 3.8) is 0 Å². The molecule has 2 N–H and O–H groups in total. The first-order valence-corrected chi connectivity index (χ1v) is 3.93. The molecular weight excluding hydrogens is 124 g/mol. The second kappa shape index (κ2) is 3.94. The van der Waals surface area contributed by atoms with Gasteiger partial charge in [0.25, 0.3) is 0 Å². The molecule has 0 saturated carbocycles. The van der Waals surface area contributed by atoms with E-state index in [2.05, 4.69) is 33.0 Å². The lowest BCUT2D eigenvalue weighted by molar-refractivity contribution is 0.267. The summed E-state index contributed by atoms with van der Waals surface area (Å²) in [5.74, 6) is 0. The average Bonchev–Trinajstić information content (AvgIpc) is 1.80. The van der Waals surface area contributed by atoms with Crippen LogP contribution in [0.1, 0.15) is 34.1 Å².